The second kappa shape index (κ2) is 52.2. The number of rotatable bonds is 31. The van der Waals surface area contributed by atoms with Crippen LogP contribution in [-0.4, -0.2) is 254 Å². The summed E-state index contributed by atoms with van der Waals surface area (Å²) in [6.45, 7) is 14.6. The van der Waals surface area contributed by atoms with Gasteiger partial charge in [0.15, 0.2) is 0 Å². The van der Waals surface area contributed by atoms with Gasteiger partial charge in [-0.25, -0.2) is 44.9 Å². The molecular formula is C83H115Cl3FN24NaO10. The average Bonchev–Trinajstić information content (AvgIpc) is 1.73. The standard InChI is InChI=1S/C27H33ClN8O2.C27H32N8O2.C24H30N8O.C3H4Cl2O.CH4O.CH4.FH.Na.3H2O.H2/c1-18-7-6-12-36-23(17-30-26(18)36)19-9-11-29-27(32-19)33-21-15-20(31-25(37)8-10-28)22(16-24(21)38-5)35(4)14-13-34(2)3;1-7-25(36)30-20-15-21(24(37-6)16-22(20)34(5)14-13-33(3)4)32-27-28-11-10-19(31-27)23-17-29-26-18(2)9-8-12-35(23)26;1-16-7-6-10-32-21(15-27-23(16)32)18-8-9-26-24(28-18)29-19-13-17(25)20(14-22(19)33-5)31(4)12-11-30(2)3;4-2-1-3(5)6;1-2;;;;;;;/h6-7,9,11-12,15-17H,8,10,13-14H2,1-5H3,(H,31,37)(H,29,32,33);7-12,15-17H,1,13-14H2,2-6H3,(H,30,36)(H,28,31,32);6-10,13-15H,11-12,25H2,1-5H3,(H,26,28,29);1-2H2;2H,1H3;1H4;1H;;3*1H2;1H/q;;;;;;;+1;;;;/p-1. The molecule has 0 spiro atoms. The van der Waals surface area contributed by atoms with E-state index in [-0.39, 0.29) is 95.3 Å². The van der Waals surface area contributed by atoms with Crippen LogP contribution in [0.5, 0.6) is 17.2 Å². The number of imidazole rings is 3. The maximum atomic E-state index is 12.5. The van der Waals surface area contributed by atoms with E-state index in [2.05, 4.69) is 92.5 Å². The minimum absolute atomic E-state index is 0. The number of amides is 2. The number of fused-ring (bicyclic) bond motifs is 3. The number of alkyl halides is 2. The van der Waals surface area contributed by atoms with Gasteiger partial charge < -0.3 is 97.5 Å². The molecule has 0 saturated carbocycles. The first-order chi connectivity index (χ1) is 55.7. The smallest absolute Gasteiger partial charge is 0.870 e. The van der Waals surface area contributed by atoms with Crippen LogP contribution in [0.2, 0.25) is 0 Å². The van der Waals surface area contributed by atoms with Gasteiger partial charge in [-0.05, 0) is 152 Å². The van der Waals surface area contributed by atoms with Crippen molar-refractivity contribution < 1.29 is 85.8 Å². The molecule has 9 heterocycles. The number of nitrogen functional groups attached to an aromatic ring is 1. The number of aliphatic hydroxyl groups is 1. The Morgan fingerprint density at radius 2 is 0.820 bits per heavy atom. The predicted molar refractivity (Wildman–Crippen MR) is 489 cm³/mol. The number of hydrogen-bond acceptors (Lipinski definition) is 27. The van der Waals surface area contributed by atoms with Gasteiger partial charge in [-0.3, -0.25) is 32.3 Å². The van der Waals surface area contributed by atoms with Crippen LogP contribution in [0.4, 0.5) is 73.7 Å². The van der Waals surface area contributed by atoms with Gasteiger partial charge in [0.25, 0.3) is 0 Å². The normalized spacial score (nSPS) is 10.3. The quantitative estimate of drug-likeness (QED) is 0.00700. The number of halogens is 4. The van der Waals surface area contributed by atoms with Crippen LogP contribution in [0.25, 0.3) is 51.1 Å². The van der Waals surface area contributed by atoms with Crippen LogP contribution in [0, 0.1) is 20.8 Å². The third-order valence-corrected chi connectivity index (χ3v) is 18.4. The molecule has 0 unspecified atom stereocenters. The first kappa shape index (κ1) is 107. The summed E-state index contributed by atoms with van der Waals surface area (Å²) in [6.07, 6.45) is 18.2. The Balaban J connectivity index is 0.000000860. The predicted octanol–water partition coefficient (Wildman–Crippen LogP) is 9.02. The molecule has 2 amide bonds. The summed E-state index contributed by atoms with van der Waals surface area (Å²) >= 11 is 15.8. The summed E-state index contributed by atoms with van der Waals surface area (Å²) in [6, 6.07) is 28.8. The fraction of sp³-hybridized carbons (Fsp3) is 0.325. The van der Waals surface area contributed by atoms with Gasteiger partial charge in [0, 0.05) is 149 Å². The molecule has 12 rings (SSSR count). The van der Waals surface area contributed by atoms with Crippen LogP contribution in [0.3, 0.4) is 0 Å². The number of ether oxygens (including phenoxy) is 3. The monoisotopic (exact) mass is 1750 g/mol. The van der Waals surface area contributed by atoms with Gasteiger partial charge in [0.2, 0.25) is 34.9 Å². The number of likely N-dealkylation sites (N-methyl/N-ethyl adjacent to an activating group) is 6. The third kappa shape index (κ3) is 29.0. The van der Waals surface area contributed by atoms with Crippen molar-refractivity contribution in [2.24, 2.45) is 0 Å². The van der Waals surface area contributed by atoms with Crippen LogP contribution in [0.15, 0.2) is 159 Å². The molecular weight excluding hydrogens is 1640 g/mol. The molecule has 3 aromatic carbocycles. The van der Waals surface area contributed by atoms with Crippen molar-refractivity contribution in [2.45, 2.75) is 41.0 Å². The topological polar surface area (TPSA) is 427 Å². The maximum Gasteiger partial charge on any atom is 1.00 e. The van der Waals surface area contributed by atoms with Crippen molar-refractivity contribution in [1.29, 1.82) is 0 Å². The Kier molecular flexibility index (Phi) is 45.8. The zero-order valence-electron chi connectivity index (χ0n) is 71.2. The second-order valence-electron chi connectivity index (χ2n) is 27.2. The number of anilines is 12. The van der Waals surface area contributed by atoms with E-state index >= 15 is 0 Å². The van der Waals surface area contributed by atoms with Crippen molar-refractivity contribution >= 4 is 138 Å². The Morgan fingerprint density at radius 1 is 0.500 bits per heavy atom. The number of nitrogens with two attached hydrogens (primary N) is 1. The van der Waals surface area contributed by atoms with E-state index in [4.69, 9.17) is 74.8 Å². The van der Waals surface area contributed by atoms with E-state index in [1.165, 1.54) is 6.08 Å². The largest absolute Gasteiger partial charge is 1.00 e. The zero-order valence-corrected chi connectivity index (χ0v) is 75.5. The molecule has 0 aliphatic heterocycles. The summed E-state index contributed by atoms with van der Waals surface area (Å²) in [5, 5.41) is 22.3. The molecule has 0 aliphatic rings. The molecule has 12 aromatic rings. The number of methoxy groups -OCH3 is 3. The van der Waals surface area contributed by atoms with Gasteiger partial charge in [-0.2, -0.15) is 0 Å². The molecule has 13 N–H and O–H groups in total. The molecule has 0 saturated heterocycles. The van der Waals surface area contributed by atoms with Crippen LogP contribution in [0.1, 0.15) is 38.4 Å². The number of hydrogen-bond donors (Lipinski definition) is 7. The molecule has 656 valence electrons. The Hall–Kier alpha value is -11.2. The first-order valence-corrected chi connectivity index (χ1v) is 38.3. The molecule has 39 heteroatoms. The van der Waals surface area contributed by atoms with E-state index in [1.54, 1.807) is 52.3 Å². The minimum atomic E-state index is -0.370. The van der Waals surface area contributed by atoms with E-state index in [1.807, 2.05) is 213 Å². The van der Waals surface area contributed by atoms with Gasteiger partial charge in [0.05, 0.1) is 125 Å². The molecule has 0 aliphatic carbocycles. The number of nitrogens with one attached hydrogen (secondary N) is 5. The average molecular weight is 1760 g/mol. The summed E-state index contributed by atoms with van der Waals surface area (Å²) in [4.78, 5) is 88.0. The number of carbonyl (C=O) groups excluding carboxylic acids is 3. The molecule has 34 nitrogen and oxygen atoms in total. The van der Waals surface area contributed by atoms with Crippen molar-refractivity contribution in [3.63, 3.8) is 0 Å². The molecule has 0 atom stereocenters. The van der Waals surface area contributed by atoms with Gasteiger partial charge in [-0.15, -0.1) is 23.2 Å². The van der Waals surface area contributed by atoms with Crippen LogP contribution < -0.4 is 90.8 Å². The fourth-order valence-corrected chi connectivity index (χ4v) is 12.3. The second-order valence-corrected chi connectivity index (χ2v) is 28.3. The maximum absolute atomic E-state index is 12.5. The number of aryl methyl sites for hydroxylation is 3. The number of carbonyl (C=O) groups is 3. The van der Waals surface area contributed by atoms with Gasteiger partial charge in [0.1, 0.15) is 34.2 Å². The Morgan fingerprint density at radius 3 is 1.12 bits per heavy atom. The van der Waals surface area contributed by atoms with Crippen molar-refractivity contribution in [3.05, 3.63) is 176 Å². The van der Waals surface area contributed by atoms with Crippen molar-refractivity contribution in [3.8, 4) is 51.4 Å². The summed E-state index contributed by atoms with van der Waals surface area (Å²) in [5.74, 6) is 3.14. The SMILES string of the molecule is C.C=CC(=O)Nc1cc(Nc2nccc(-c3cnc4c(C)cccn34)n2)c(OC)cc1N(C)CCN(C)C.CO.COc1cc(N(C)CCN(C)C)c(N)cc1Nc1nccc(-c2cnc3c(C)cccn23)n1.COc1cc(N(C)CCN(C)C)c(NC(=O)CCCl)cc1Nc1nccc(-c2cnc3c(C)cccn23)n1.F.O.O.O=C(Cl)CCCl.[HH].[Na+].[OH-]. The van der Waals surface area contributed by atoms with Crippen molar-refractivity contribution in [1.82, 2.24) is 72.8 Å². The number of aromatic nitrogens is 12. The number of aliphatic hydroxyl groups excluding tert-OH is 1. The summed E-state index contributed by atoms with van der Waals surface area (Å²) in [5.41, 5.74) is 23.5. The van der Waals surface area contributed by atoms with E-state index in [0.717, 1.165) is 131 Å². The number of nitrogens with zero attached hydrogens (tertiary/aromatic N) is 18. The summed E-state index contributed by atoms with van der Waals surface area (Å²) < 4.78 is 23.1. The van der Waals surface area contributed by atoms with Crippen LogP contribution in [-0.2, 0) is 14.4 Å². The fourth-order valence-electron chi connectivity index (χ4n) is 11.7. The first-order valence-electron chi connectivity index (χ1n) is 36.8. The Labute approximate surface area is 749 Å². The van der Waals surface area contributed by atoms with Gasteiger partial charge in [-0.1, -0.05) is 32.2 Å². The van der Waals surface area contributed by atoms with E-state index in [0.29, 0.717) is 75.1 Å². The minimum Gasteiger partial charge on any atom is -0.870 e. The van der Waals surface area contributed by atoms with Crippen LogP contribution >= 0.6 is 34.8 Å². The number of pyridine rings is 3. The summed E-state index contributed by atoms with van der Waals surface area (Å²) in [7, 11) is 24.0. The zero-order chi connectivity index (χ0) is 84.3. The molecule has 0 radical (unpaired) electrons. The molecule has 0 bridgehead atoms. The van der Waals surface area contributed by atoms with Gasteiger partial charge >= 0.3 is 29.6 Å². The molecule has 9 aromatic heterocycles. The van der Waals surface area contributed by atoms with E-state index in [9.17, 15) is 14.4 Å². The molecule has 122 heavy (non-hydrogen) atoms. The van der Waals surface area contributed by atoms with Crippen molar-refractivity contribution in [2.75, 3.05) is 190 Å². The number of benzene rings is 3. The Bertz CT molecular complexity index is 5330. The third-order valence-electron chi connectivity index (χ3n) is 17.9. The van der Waals surface area contributed by atoms with E-state index < -0.39 is 0 Å². The molecule has 0 fully saturated rings.